The first-order valence-electron chi connectivity index (χ1n) is 9.77. The molecule has 1 fully saturated rings. The number of pyridine rings is 1. The molecule has 0 bridgehead atoms. The second-order valence-corrected chi connectivity index (χ2v) is 8.18. The molecule has 0 aromatic carbocycles. The van der Waals surface area contributed by atoms with Gasteiger partial charge in [0.1, 0.15) is 16.0 Å². The summed E-state index contributed by atoms with van der Waals surface area (Å²) in [7, 11) is 3.30. The highest BCUT2D eigenvalue weighted by Gasteiger charge is 2.23. The number of furan rings is 1. The quantitative estimate of drug-likeness (QED) is 0.554. The van der Waals surface area contributed by atoms with Gasteiger partial charge in [-0.3, -0.25) is 9.69 Å². The maximum atomic E-state index is 12.5. The standard InChI is InChI=1S/C21H23N3O6S/c1-24(10-15-12-29-7-8-30-15)9-14-3-4-16-17(23-19(25)13-5-6-28-11-13)18(21(26)27-2)31-20(16)22-14/h3-6,11,15H,7-10,12H2,1-2H3,(H,23,25). The largest absolute Gasteiger partial charge is 0.472 e. The van der Waals surface area contributed by atoms with E-state index in [9.17, 15) is 9.59 Å². The Labute approximate surface area is 182 Å². The average molecular weight is 445 g/mol. The molecule has 1 amide bonds. The second kappa shape index (κ2) is 9.56. The predicted molar refractivity (Wildman–Crippen MR) is 115 cm³/mol. The van der Waals surface area contributed by atoms with Crippen LogP contribution < -0.4 is 5.32 Å². The number of hydrogen-bond acceptors (Lipinski definition) is 9. The molecule has 9 nitrogen and oxygen atoms in total. The van der Waals surface area contributed by atoms with E-state index < -0.39 is 5.97 Å². The van der Waals surface area contributed by atoms with Crippen LogP contribution in [-0.2, 0) is 20.8 Å². The number of nitrogens with zero attached hydrogens (tertiary/aromatic N) is 2. The molecule has 0 saturated carbocycles. The number of ether oxygens (including phenoxy) is 3. The van der Waals surface area contributed by atoms with Crippen molar-refractivity contribution < 1.29 is 28.2 Å². The number of carbonyl (C=O) groups excluding carboxylic acids is 2. The van der Waals surface area contributed by atoms with E-state index in [0.29, 0.717) is 52.7 Å². The van der Waals surface area contributed by atoms with Crippen LogP contribution in [0.3, 0.4) is 0 Å². The Morgan fingerprint density at radius 2 is 2.19 bits per heavy atom. The minimum Gasteiger partial charge on any atom is -0.472 e. The van der Waals surface area contributed by atoms with Crippen molar-refractivity contribution in [3.63, 3.8) is 0 Å². The van der Waals surface area contributed by atoms with Crippen molar-refractivity contribution in [3.8, 4) is 0 Å². The summed E-state index contributed by atoms with van der Waals surface area (Å²) in [5.41, 5.74) is 1.59. The molecule has 10 heteroatoms. The molecule has 3 aromatic rings. The highest BCUT2D eigenvalue weighted by atomic mass is 32.1. The normalized spacial score (nSPS) is 16.5. The fourth-order valence-electron chi connectivity index (χ4n) is 3.38. The van der Waals surface area contributed by atoms with Crippen molar-refractivity contribution in [1.29, 1.82) is 0 Å². The summed E-state index contributed by atoms with van der Waals surface area (Å²) in [4.78, 5) is 32.6. The molecule has 0 radical (unpaired) electrons. The van der Waals surface area contributed by atoms with Gasteiger partial charge in [-0.1, -0.05) is 0 Å². The summed E-state index contributed by atoms with van der Waals surface area (Å²) >= 11 is 1.19. The maximum Gasteiger partial charge on any atom is 0.350 e. The number of likely N-dealkylation sites (N-methyl/N-ethyl adjacent to an activating group) is 1. The van der Waals surface area contributed by atoms with Crippen LogP contribution in [0.2, 0.25) is 0 Å². The number of hydrogen-bond donors (Lipinski definition) is 1. The number of anilines is 1. The van der Waals surface area contributed by atoms with Crippen LogP contribution >= 0.6 is 11.3 Å². The van der Waals surface area contributed by atoms with Gasteiger partial charge in [0.25, 0.3) is 5.91 Å². The third-order valence-corrected chi connectivity index (χ3v) is 5.92. The number of fused-ring (bicyclic) bond motifs is 1. The third-order valence-electron chi connectivity index (χ3n) is 4.84. The maximum absolute atomic E-state index is 12.5. The Hall–Kier alpha value is -2.79. The molecule has 1 N–H and O–H groups in total. The van der Waals surface area contributed by atoms with Crippen LogP contribution in [0, 0.1) is 0 Å². The molecule has 1 atom stereocenters. The fraction of sp³-hybridized carbons (Fsp3) is 0.381. The summed E-state index contributed by atoms with van der Waals surface area (Å²) in [6.07, 6.45) is 2.80. The van der Waals surface area contributed by atoms with Gasteiger partial charge >= 0.3 is 5.97 Å². The zero-order valence-electron chi connectivity index (χ0n) is 17.3. The summed E-state index contributed by atoms with van der Waals surface area (Å²) < 4.78 is 21.0. The number of rotatable bonds is 7. The number of carbonyl (C=O) groups is 2. The first kappa shape index (κ1) is 21.4. The highest BCUT2D eigenvalue weighted by molar-refractivity contribution is 7.21. The Balaban J connectivity index is 1.56. The summed E-state index contributed by atoms with van der Waals surface area (Å²) in [6.45, 7) is 3.17. The van der Waals surface area contributed by atoms with Crippen molar-refractivity contribution in [3.05, 3.63) is 46.9 Å². The molecular weight excluding hydrogens is 422 g/mol. The molecule has 1 aliphatic rings. The van der Waals surface area contributed by atoms with Crippen molar-refractivity contribution in [1.82, 2.24) is 9.88 Å². The molecule has 4 heterocycles. The van der Waals surface area contributed by atoms with E-state index in [1.807, 2.05) is 19.2 Å². The lowest BCUT2D eigenvalue weighted by Crippen LogP contribution is -2.38. The first-order chi connectivity index (χ1) is 15.0. The zero-order valence-corrected chi connectivity index (χ0v) is 18.1. The molecule has 164 valence electrons. The Bertz CT molecular complexity index is 1060. The summed E-state index contributed by atoms with van der Waals surface area (Å²) in [5.74, 6) is -0.907. The van der Waals surface area contributed by atoms with Gasteiger partial charge in [0.2, 0.25) is 0 Å². The van der Waals surface area contributed by atoms with E-state index in [0.717, 1.165) is 12.2 Å². The van der Waals surface area contributed by atoms with Crippen LogP contribution in [0.5, 0.6) is 0 Å². The molecule has 1 aliphatic heterocycles. The van der Waals surface area contributed by atoms with Gasteiger partial charge in [0, 0.05) is 18.5 Å². The molecule has 3 aromatic heterocycles. The smallest absolute Gasteiger partial charge is 0.350 e. The van der Waals surface area contributed by atoms with E-state index in [2.05, 4.69) is 10.2 Å². The Morgan fingerprint density at radius 1 is 1.32 bits per heavy atom. The molecule has 1 saturated heterocycles. The molecule has 4 rings (SSSR count). The van der Waals surface area contributed by atoms with Crippen molar-refractivity contribution >= 4 is 39.1 Å². The van der Waals surface area contributed by atoms with Gasteiger partial charge in [-0.05, 0) is 25.2 Å². The predicted octanol–water partition coefficient (Wildman–Crippen LogP) is 2.78. The number of methoxy groups -OCH3 is 1. The van der Waals surface area contributed by atoms with E-state index in [-0.39, 0.29) is 12.0 Å². The number of thiophene rings is 1. The lowest BCUT2D eigenvalue weighted by Gasteiger charge is -2.27. The van der Waals surface area contributed by atoms with Crippen LogP contribution in [0.15, 0.2) is 35.1 Å². The summed E-state index contributed by atoms with van der Waals surface area (Å²) in [5, 5.41) is 3.47. The number of esters is 1. The SMILES string of the molecule is COC(=O)c1sc2nc(CN(C)CC3COCCO3)ccc2c1NC(=O)c1ccoc1. The molecule has 1 unspecified atom stereocenters. The van der Waals surface area contributed by atoms with E-state index >= 15 is 0 Å². The Morgan fingerprint density at radius 3 is 2.90 bits per heavy atom. The highest BCUT2D eigenvalue weighted by Crippen LogP contribution is 2.36. The van der Waals surface area contributed by atoms with Gasteiger partial charge in [0.05, 0.1) is 56.2 Å². The van der Waals surface area contributed by atoms with E-state index in [1.54, 1.807) is 6.07 Å². The van der Waals surface area contributed by atoms with Crippen molar-refractivity contribution in [2.75, 3.05) is 45.8 Å². The van der Waals surface area contributed by atoms with Gasteiger partial charge in [-0.2, -0.15) is 0 Å². The van der Waals surface area contributed by atoms with Gasteiger partial charge in [0.15, 0.2) is 0 Å². The molecule has 0 spiro atoms. The number of amides is 1. The van der Waals surface area contributed by atoms with Crippen molar-refractivity contribution in [2.45, 2.75) is 12.6 Å². The lowest BCUT2D eigenvalue weighted by molar-refractivity contribution is -0.0963. The van der Waals surface area contributed by atoms with Crippen molar-refractivity contribution in [2.24, 2.45) is 0 Å². The number of aromatic nitrogens is 1. The van der Waals surface area contributed by atoms with E-state index in [1.165, 1.54) is 31.0 Å². The lowest BCUT2D eigenvalue weighted by atomic mass is 10.2. The van der Waals surface area contributed by atoms with Crippen LogP contribution in [-0.4, -0.2) is 68.4 Å². The van der Waals surface area contributed by atoms with E-state index in [4.69, 9.17) is 23.6 Å². The third kappa shape index (κ3) is 4.93. The first-order valence-corrected chi connectivity index (χ1v) is 10.6. The topological polar surface area (TPSA) is 103 Å². The fourth-order valence-corrected chi connectivity index (χ4v) is 4.44. The second-order valence-electron chi connectivity index (χ2n) is 7.18. The van der Waals surface area contributed by atoms with Crippen LogP contribution in [0.25, 0.3) is 10.2 Å². The monoisotopic (exact) mass is 445 g/mol. The van der Waals surface area contributed by atoms with Gasteiger partial charge in [-0.25, -0.2) is 9.78 Å². The van der Waals surface area contributed by atoms with Gasteiger partial charge < -0.3 is 23.9 Å². The zero-order chi connectivity index (χ0) is 21.8. The minimum absolute atomic E-state index is 0.0416. The van der Waals surface area contributed by atoms with Crippen LogP contribution in [0.1, 0.15) is 25.7 Å². The number of nitrogens with one attached hydrogen (secondary N) is 1. The molecular formula is C21H23N3O6S. The minimum atomic E-state index is -0.529. The molecule has 31 heavy (non-hydrogen) atoms. The van der Waals surface area contributed by atoms with Crippen LogP contribution in [0.4, 0.5) is 5.69 Å². The average Bonchev–Trinajstić information content (AvgIpc) is 3.42. The Kier molecular flexibility index (Phi) is 6.62. The molecule has 0 aliphatic carbocycles. The van der Waals surface area contributed by atoms with Gasteiger partial charge in [-0.15, -0.1) is 11.3 Å². The summed E-state index contributed by atoms with van der Waals surface area (Å²) in [6, 6.07) is 5.30.